The second kappa shape index (κ2) is 23.8. The van der Waals surface area contributed by atoms with Crippen LogP contribution in [0.25, 0.3) is 0 Å². The van der Waals surface area contributed by atoms with E-state index in [4.69, 9.17) is 15.3 Å². The van der Waals surface area contributed by atoms with Gasteiger partial charge >= 0.3 is 0 Å². The van der Waals surface area contributed by atoms with E-state index in [1.54, 1.807) is 0 Å². The normalized spacial score (nSPS) is 13.6. The lowest BCUT2D eigenvalue weighted by atomic mass is 9.98. The third kappa shape index (κ3) is 23.2. The monoisotopic (exact) mass is 234 g/mol. The highest BCUT2D eigenvalue weighted by atomic mass is 16.5. The van der Waals surface area contributed by atoms with E-state index in [-0.39, 0.29) is 6.10 Å². The molecule has 16 heavy (non-hydrogen) atoms. The van der Waals surface area contributed by atoms with Crippen LogP contribution in [0.15, 0.2) is 25.7 Å². The first-order valence-electron chi connectivity index (χ1n) is 5.26. The first-order valence-corrected chi connectivity index (χ1v) is 5.26. The molecular formula is C12H26O4. The number of aliphatic hydroxyl groups is 3. The van der Waals surface area contributed by atoms with Crippen LogP contribution in [-0.2, 0) is 4.74 Å². The third-order valence-corrected chi connectivity index (χ3v) is 1.77. The molecule has 1 rings (SSSR count). The number of hydrogen-bond donors (Lipinski definition) is 3. The van der Waals surface area contributed by atoms with Crippen molar-refractivity contribution in [3.05, 3.63) is 25.7 Å². The van der Waals surface area contributed by atoms with Crippen molar-refractivity contribution in [1.82, 2.24) is 0 Å². The molecule has 1 saturated carbocycles. The predicted molar refractivity (Wildman–Crippen MR) is 66.9 cm³/mol. The first kappa shape index (κ1) is 20.6. The Kier molecular flexibility index (Phi) is 30.5. The van der Waals surface area contributed by atoms with Crippen molar-refractivity contribution in [2.45, 2.75) is 38.2 Å². The van der Waals surface area contributed by atoms with Gasteiger partial charge < -0.3 is 20.1 Å². The van der Waals surface area contributed by atoms with Crippen molar-refractivity contribution >= 4 is 0 Å². The van der Waals surface area contributed by atoms with E-state index in [9.17, 15) is 0 Å². The van der Waals surface area contributed by atoms with Crippen molar-refractivity contribution in [2.75, 3.05) is 14.2 Å². The van der Waals surface area contributed by atoms with Gasteiger partial charge in [0.1, 0.15) is 0 Å². The zero-order valence-corrected chi connectivity index (χ0v) is 10.4. The second-order valence-corrected chi connectivity index (χ2v) is 2.76. The zero-order chi connectivity index (χ0) is 13.2. The average Bonchev–Trinajstić information content (AvgIpc) is 2.37. The Morgan fingerprint density at radius 3 is 1.44 bits per heavy atom. The lowest BCUT2D eigenvalue weighted by Gasteiger charge is -2.14. The van der Waals surface area contributed by atoms with Gasteiger partial charge in [0.25, 0.3) is 0 Å². The van der Waals surface area contributed by atoms with Gasteiger partial charge in [0.2, 0.25) is 0 Å². The Morgan fingerprint density at radius 1 is 0.938 bits per heavy atom. The summed E-state index contributed by atoms with van der Waals surface area (Å²) in [4.78, 5) is 0. The van der Waals surface area contributed by atoms with Gasteiger partial charge in [-0.3, -0.25) is 0 Å². The van der Waals surface area contributed by atoms with Crippen molar-refractivity contribution in [1.29, 1.82) is 0 Å². The highest BCUT2D eigenvalue weighted by Gasteiger charge is 2.07. The molecule has 0 radical (unpaired) electrons. The van der Waals surface area contributed by atoms with Crippen molar-refractivity contribution < 1.29 is 20.1 Å². The van der Waals surface area contributed by atoms with Crippen LogP contribution >= 0.6 is 0 Å². The largest absolute Gasteiger partial charge is 0.474 e. The van der Waals surface area contributed by atoms with Gasteiger partial charge in [-0.1, -0.05) is 32.4 Å². The smallest absolute Gasteiger partial charge is 0.0829 e. The van der Waals surface area contributed by atoms with Crippen LogP contribution in [0.2, 0.25) is 0 Å². The molecule has 4 heteroatoms. The molecule has 4 nitrogen and oxygen atoms in total. The maximum absolute atomic E-state index is 8.91. The Morgan fingerprint density at radius 2 is 1.31 bits per heavy atom. The molecule has 0 saturated heterocycles. The molecule has 0 aromatic heterocycles. The lowest BCUT2D eigenvalue weighted by Crippen LogP contribution is -2.09. The van der Waals surface area contributed by atoms with Gasteiger partial charge in [0, 0.05) is 14.2 Å². The standard InChI is InChI=1S/C6H12O.C4H6O.2CH4O/c7-6-4-2-1-3-5-6;1-3-5-4-2;2*1-2/h6-7H,1-5H2;3-4H,1-2H2;2*2H,1H3. The van der Waals surface area contributed by atoms with Crippen LogP contribution in [0.5, 0.6) is 0 Å². The fourth-order valence-corrected chi connectivity index (χ4v) is 1.15. The Hall–Kier alpha value is -0.840. The molecule has 0 amide bonds. The minimum atomic E-state index is 0.0359. The third-order valence-electron chi connectivity index (χ3n) is 1.77. The van der Waals surface area contributed by atoms with Crippen LogP contribution in [0.4, 0.5) is 0 Å². The number of ether oxygens (including phenoxy) is 1. The number of rotatable bonds is 2. The van der Waals surface area contributed by atoms with E-state index in [1.807, 2.05) is 0 Å². The summed E-state index contributed by atoms with van der Waals surface area (Å²) in [6, 6.07) is 0. The van der Waals surface area contributed by atoms with Crippen LogP contribution < -0.4 is 0 Å². The van der Waals surface area contributed by atoms with E-state index >= 15 is 0 Å². The SMILES string of the molecule is C=COC=C.CO.CO.OC1CCCCC1. The summed E-state index contributed by atoms with van der Waals surface area (Å²) in [6.07, 6.45) is 8.55. The van der Waals surface area contributed by atoms with E-state index in [2.05, 4.69) is 17.9 Å². The van der Waals surface area contributed by atoms with E-state index in [1.165, 1.54) is 31.8 Å². The Labute approximate surface area is 98.9 Å². The molecular weight excluding hydrogens is 208 g/mol. The summed E-state index contributed by atoms with van der Waals surface area (Å²) >= 11 is 0. The van der Waals surface area contributed by atoms with Crippen LogP contribution in [-0.4, -0.2) is 35.6 Å². The minimum absolute atomic E-state index is 0.0359. The molecule has 98 valence electrons. The Balaban J connectivity index is -0.000000167. The van der Waals surface area contributed by atoms with Crippen molar-refractivity contribution in [2.24, 2.45) is 0 Å². The van der Waals surface area contributed by atoms with Crippen LogP contribution in [0, 0.1) is 0 Å². The lowest BCUT2D eigenvalue weighted by molar-refractivity contribution is 0.130. The Bertz CT molecular complexity index is 114. The molecule has 0 bridgehead atoms. The van der Waals surface area contributed by atoms with Gasteiger partial charge in [0.15, 0.2) is 0 Å². The molecule has 0 aromatic rings. The van der Waals surface area contributed by atoms with Crippen molar-refractivity contribution in [3.8, 4) is 0 Å². The topological polar surface area (TPSA) is 69.9 Å². The molecule has 0 aromatic carbocycles. The second-order valence-electron chi connectivity index (χ2n) is 2.76. The minimum Gasteiger partial charge on any atom is -0.474 e. The van der Waals surface area contributed by atoms with Gasteiger partial charge in [-0.15, -0.1) is 0 Å². The summed E-state index contributed by atoms with van der Waals surface area (Å²) in [7, 11) is 2.00. The predicted octanol–water partition coefficient (Wildman–Crippen LogP) is 1.82. The van der Waals surface area contributed by atoms with E-state index < -0.39 is 0 Å². The molecule has 1 aliphatic carbocycles. The highest BCUT2D eigenvalue weighted by Crippen LogP contribution is 2.16. The number of aliphatic hydroxyl groups excluding tert-OH is 3. The molecule has 0 spiro atoms. The maximum atomic E-state index is 8.91. The summed E-state index contributed by atoms with van der Waals surface area (Å²) in [5.41, 5.74) is 0. The van der Waals surface area contributed by atoms with Gasteiger partial charge in [-0.05, 0) is 12.8 Å². The summed E-state index contributed by atoms with van der Waals surface area (Å²) in [5.74, 6) is 0. The van der Waals surface area contributed by atoms with Crippen molar-refractivity contribution in [3.63, 3.8) is 0 Å². The molecule has 3 N–H and O–H groups in total. The highest BCUT2D eigenvalue weighted by molar-refractivity contribution is 4.61. The van der Waals surface area contributed by atoms with E-state index in [0.29, 0.717) is 0 Å². The molecule has 0 unspecified atom stereocenters. The van der Waals surface area contributed by atoms with Gasteiger partial charge in [0.05, 0.1) is 18.6 Å². The number of hydrogen-bond acceptors (Lipinski definition) is 4. The molecule has 0 heterocycles. The summed E-state index contributed by atoms with van der Waals surface area (Å²) in [5, 5.41) is 22.9. The average molecular weight is 234 g/mol. The summed E-state index contributed by atoms with van der Waals surface area (Å²) in [6.45, 7) is 6.51. The first-order chi connectivity index (χ1) is 7.81. The van der Waals surface area contributed by atoms with Crippen LogP contribution in [0.3, 0.4) is 0 Å². The van der Waals surface area contributed by atoms with Crippen LogP contribution in [0.1, 0.15) is 32.1 Å². The zero-order valence-electron chi connectivity index (χ0n) is 10.4. The molecule has 0 atom stereocenters. The summed E-state index contributed by atoms with van der Waals surface area (Å²) < 4.78 is 4.36. The maximum Gasteiger partial charge on any atom is 0.0829 e. The fourth-order valence-electron chi connectivity index (χ4n) is 1.15. The van der Waals surface area contributed by atoms with E-state index in [0.717, 1.165) is 27.1 Å². The molecule has 0 aliphatic heterocycles. The quantitative estimate of drug-likeness (QED) is 0.637. The fraction of sp³-hybridized carbons (Fsp3) is 0.667. The van der Waals surface area contributed by atoms with Gasteiger partial charge in [-0.25, -0.2) is 0 Å². The molecule has 1 fully saturated rings. The van der Waals surface area contributed by atoms with Gasteiger partial charge in [-0.2, -0.15) is 0 Å². The molecule has 1 aliphatic rings.